The summed E-state index contributed by atoms with van der Waals surface area (Å²) in [6.07, 6.45) is 12.5. The SMILES string of the molecule is O=C(O)c1ccc(C2=NNC(c3ccc([B]C4CCCC4)cc3)=C3CCCCCCC23)cc1. The first kappa shape index (κ1) is 22.0. The first-order valence-electron chi connectivity index (χ1n) is 12.5. The second kappa shape index (κ2) is 9.99. The summed E-state index contributed by atoms with van der Waals surface area (Å²) >= 11 is 0. The van der Waals surface area contributed by atoms with Crippen molar-refractivity contribution in [1.29, 1.82) is 0 Å². The fourth-order valence-corrected chi connectivity index (χ4v) is 5.69. The lowest BCUT2D eigenvalue weighted by atomic mass is 9.58. The van der Waals surface area contributed by atoms with E-state index in [0.29, 0.717) is 5.56 Å². The predicted octanol–water partition coefficient (Wildman–Crippen LogP) is 5.77. The number of nitrogens with zero attached hydrogens (tertiary/aromatic N) is 1. The Bertz CT molecular complexity index is 1050. The van der Waals surface area contributed by atoms with Gasteiger partial charge in [-0.15, -0.1) is 0 Å². The molecule has 1 atom stereocenters. The van der Waals surface area contributed by atoms with Crippen molar-refractivity contribution in [3.63, 3.8) is 0 Å². The Kier molecular flexibility index (Phi) is 6.66. The number of hydrogen-bond donors (Lipinski definition) is 2. The van der Waals surface area contributed by atoms with Crippen molar-refractivity contribution in [2.75, 3.05) is 0 Å². The van der Waals surface area contributed by atoms with E-state index in [2.05, 4.69) is 37.0 Å². The van der Waals surface area contributed by atoms with Crippen molar-refractivity contribution in [3.8, 4) is 0 Å². The first-order valence-corrected chi connectivity index (χ1v) is 12.5. The lowest BCUT2D eigenvalue weighted by Gasteiger charge is -2.31. The number of hydrogen-bond acceptors (Lipinski definition) is 3. The molecule has 0 spiro atoms. The Hall–Kier alpha value is -2.82. The maximum Gasteiger partial charge on any atom is 0.335 e. The molecule has 2 N–H and O–H groups in total. The van der Waals surface area contributed by atoms with E-state index in [0.717, 1.165) is 29.9 Å². The quantitative estimate of drug-likeness (QED) is 0.582. The highest BCUT2D eigenvalue weighted by molar-refractivity contribution is 6.55. The maximum atomic E-state index is 11.3. The number of allylic oxidation sites excluding steroid dienone is 1. The van der Waals surface area contributed by atoms with Gasteiger partial charge in [-0.2, -0.15) is 5.10 Å². The summed E-state index contributed by atoms with van der Waals surface area (Å²) in [5.74, 6) is 0.120. The number of carbonyl (C=O) groups is 1. The van der Waals surface area contributed by atoms with Crippen LogP contribution in [0.1, 0.15) is 85.7 Å². The molecule has 1 aliphatic heterocycles. The molecule has 0 bridgehead atoms. The molecule has 0 saturated heterocycles. The van der Waals surface area contributed by atoms with E-state index in [1.165, 1.54) is 73.7 Å². The van der Waals surface area contributed by atoms with Crippen molar-refractivity contribution in [1.82, 2.24) is 5.43 Å². The lowest BCUT2D eigenvalue weighted by Crippen LogP contribution is -2.30. The summed E-state index contributed by atoms with van der Waals surface area (Å²) in [6.45, 7) is 0. The van der Waals surface area contributed by atoms with Crippen molar-refractivity contribution in [2.45, 2.75) is 70.0 Å². The number of nitrogens with one attached hydrogen (secondary N) is 1. The molecule has 5 rings (SSSR count). The average molecular weight is 439 g/mol. The van der Waals surface area contributed by atoms with E-state index >= 15 is 0 Å². The number of aromatic carboxylic acids is 1. The summed E-state index contributed by atoms with van der Waals surface area (Å²) in [6, 6.07) is 16.2. The topological polar surface area (TPSA) is 61.7 Å². The van der Waals surface area contributed by atoms with E-state index < -0.39 is 5.97 Å². The van der Waals surface area contributed by atoms with Crippen molar-refractivity contribution in [2.24, 2.45) is 11.0 Å². The van der Waals surface area contributed by atoms with Gasteiger partial charge in [-0.1, -0.05) is 92.6 Å². The van der Waals surface area contributed by atoms with Crippen LogP contribution < -0.4 is 10.9 Å². The van der Waals surface area contributed by atoms with Crippen molar-refractivity contribution >= 4 is 30.1 Å². The Balaban J connectivity index is 1.42. The van der Waals surface area contributed by atoms with Gasteiger partial charge >= 0.3 is 5.97 Å². The molecule has 169 valence electrons. The van der Waals surface area contributed by atoms with Crippen LogP contribution in [0, 0.1) is 5.92 Å². The highest BCUT2D eigenvalue weighted by Gasteiger charge is 2.30. The molecule has 2 fully saturated rings. The minimum atomic E-state index is -0.896. The van der Waals surface area contributed by atoms with E-state index in [-0.39, 0.29) is 5.92 Å². The number of hydrazone groups is 1. The molecule has 1 radical (unpaired) electrons. The molecule has 0 amide bonds. The minimum absolute atomic E-state index is 0.280. The van der Waals surface area contributed by atoms with Crippen LogP contribution in [0.3, 0.4) is 0 Å². The summed E-state index contributed by atoms with van der Waals surface area (Å²) in [5.41, 5.74) is 10.9. The Morgan fingerprint density at radius 2 is 1.52 bits per heavy atom. The lowest BCUT2D eigenvalue weighted by molar-refractivity contribution is 0.0697. The molecular formula is C28H32BN2O2. The van der Waals surface area contributed by atoms with Gasteiger partial charge < -0.3 is 5.11 Å². The second-order valence-corrected chi connectivity index (χ2v) is 9.73. The molecule has 2 saturated carbocycles. The Morgan fingerprint density at radius 1 is 0.848 bits per heavy atom. The summed E-state index contributed by atoms with van der Waals surface area (Å²) in [5, 5.41) is 14.1. The van der Waals surface area contributed by atoms with E-state index in [9.17, 15) is 9.90 Å². The summed E-state index contributed by atoms with van der Waals surface area (Å²) < 4.78 is 0. The van der Waals surface area contributed by atoms with Gasteiger partial charge in [0, 0.05) is 5.92 Å². The van der Waals surface area contributed by atoms with Crippen LogP contribution >= 0.6 is 0 Å². The Labute approximate surface area is 197 Å². The number of benzene rings is 2. The average Bonchev–Trinajstić information content (AvgIpc) is 3.33. The predicted molar refractivity (Wildman–Crippen MR) is 135 cm³/mol. The zero-order chi connectivity index (χ0) is 22.6. The molecular weight excluding hydrogens is 407 g/mol. The van der Waals surface area contributed by atoms with Crippen LogP contribution in [0.4, 0.5) is 0 Å². The van der Waals surface area contributed by atoms with E-state index in [1.54, 1.807) is 12.1 Å². The third kappa shape index (κ3) is 4.92. The zero-order valence-corrected chi connectivity index (χ0v) is 19.2. The van der Waals surface area contributed by atoms with Gasteiger partial charge in [0.2, 0.25) is 0 Å². The third-order valence-electron chi connectivity index (χ3n) is 7.50. The molecule has 0 aromatic heterocycles. The van der Waals surface area contributed by atoms with Gasteiger partial charge in [0.1, 0.15) is 0 Å². The monoisotopic (exact) mass is 439 g/mol. The van der Waals surface area contributed by atoms with Gasteiger partial charge in [0.05, 0.1) is 17.0 Å². The van der Waals surface area contributed by atoms with Gasteiger partial charge in [0.25, 0.3) is 0 Å². The molecule has 4 nitrogen and oxygen atoms in total. The molecule has 2 aliphatic carbocycles. The maximum absolute atomic E-state index is 11.3. The summed E-state index contributed by atoms with van der Waals surface area (Å²) in [4.78, 5) is 11.3. The summed E-state index contributed by atoms with van der Waals surface area (Å²) in [7, 11) is 2.44. The third-order valence-corrected chi connectivity index (χ3v) is 7.50. The van der Waals surface area contributed by atoms with E-state index in [4.69, 9.17) is 5.10 Å². The standard InChI is InChI=1S/C28H32BN2O2/c32-28(33)21-13-11-19(12-14-21)26-24-9-3-1-2-4-10-25(24)27(31-30-26)20-15-17-23(18-16-20)29-22-7-5-6-8-22/h11-18,22,24,31H,1-10H2,(H,32,33). The highest BCUT2D eigenvalue weighted by Crippen LogP contribution is 2.37. The smallest absolute Gasteiger partial charge is 0.335 e. The largest absolute Gasteiger partial charge is 0.478 e. The van der Waals surface area contributed by atoms with Gasteiger partial charge in [-0.05, 0) is 48.1 Å². The van der Waals surface area contributed by atoms with Crippen LogP contribution in [-0.4, -0.2) is 24.1 Å². The minimum Gasteiger partial charge on any atom is -0.478 e. The highest BCUT2D eigenvalue weighted by atomic mass is 16.4. The Morgan fingerprint density at radius 3 is 2.24 bits per heavy atom. The molecule has 5 heteroatoms. The number of carboxylic acids is 1. The van der Waals surface area contributed by atoms with Crippen LogP contribution in [0.15, 0.2) is 59.2 Å². The number of fused-ring (bicyclic) bond motifs is 1. The second-order valence-electron chi connectivity index (χ2n) is 9.73. The van der Waals surface area contributed by atoms with Crippen LogP contribution in [0.2, 0.25) is 5.82 Å². The normalized spacial score (nSPS) is 21.5. The molecule has 1 heterocycles. The zero-order valence-electron chi connectivity index (χ0n) is 19.2. The van der Waals surface area contributed by atoms with Gasteiger partial charge in [-0.25, -0.2) is 4.79 Å². The number of carboxylic acid groups (broad SMARTS) is 1. The molecule has 33 heavy (non-hydrogen) atoms. The van der Waals surface area contributed by atoms with Crippen LogP contribution in [0.5, 0.6) is 0 Å². The van der Waals surface area contributed by atoms with Gasteiger partial charge in [0.15, 0.2) is 7.28 Å². The van der Waals surface area contributed by atoms with Crippen molar-refractivity contribution in [3.05, 3.63) is 70.8 Å². The van der Waals surface area contributed by atoms with Crippen molar-refractivity contribution < 1.29 is 9.90 Å². The molecule has 3 aliphatic rings. The van der Waals surface area contributed by atoms with E-state index in [1.807, 2.05) is 12.1 Å². The molecule has 2 aromatic rings. The number of rotatable bonds is 5. The fourth-order valence-electron chi connectivity index (χ4n) is 5.69. The molecule has 1 unspecified atom stereocenters. The van der Waals surface area contributed by atoms with Gasteiger partial charge in [-0.3, -0.25) is 5.43 Å². The van der Waals surface area contributed by atoms with Crippen LogP contribution in [0.25, 0.3) is 5.70 Å². The fraction of sp³-hybridized carbons (Fsp3) is 0.429. The molecule has 2 aromatic carbocycles. The first-order chi connectivity index (χ1) is 16.2. The van der Waals surface area contributed by atoms with Crippen LogP contribution in [-0.2, 0) is 0 Å².